The predicted octanol–water partition coefficient (Wildman–Crippen LogP) is 14.6. The lowest BCUT2D eigenvalue weighted by molar-refractivity contribution is 0.669. The van der Waals surface area contributed by atoms with Crippen molar-refractivity contribution >= 4 is 71.6 Å². The Kier molecular flexibility index (Phi) is 6.07. The molecule has 0 saturated heterocycles. The van der Waals surface area contributed by atoms with E-state index >= 15 is 0 Å². The van der Waals surface area contributed by atoms with Crippen molar-refractivity contribution in [1.82, 2.24) is 4.57 Å². The van der Waals surface area contributed by atoms with Crippen LogP contribution in [0.1, 0.15) is 6.85 Å². The van der Waals surface area contributed by atoms with Gasteiger partial charge in [0, 0.05) is 50.4 Å². The summed E-state index contributed by atoms with van der Waals surface area (Å²) in [5.74, 6) is 0. The van der Waals surface area contributed by atoms with Gasteiger partial charge in [-0.2, -0.15) is 0 Å². The largest absolute Gasteiger partial charge is 0.456 e. The number of hydrogen-bond acceptors (Lipinski definition) is 2. The fourth-order valence-electron chi connectivity index (χ4n) is 8.12. The van der Waals surface area contributed by atoms with Crippen LogP contribution >= 0.6 is 0 Å². The number of fused-ring (bicyclic) bond motifs is 8. The molecule has 0 bridgehead atoms. The molecule has 3 nitrogen and oxygen atoms in total. The molecule has 0 aliphatic rings. The van der Waals surface area contributed by atoms with Crippen molar-refractivity contribution < 1.29 is 11.3 Å². The van der Waals surface area contributed by atoms with Crippen LogP contribution in [0.5, 0.6) is 0 Å². The maximum Gasteiger partial charge on any atom is 0.137 e. The first-order chi connectivity index (χ1) is 29.4. The van der Waals surface area contributed by atoms with Gasteiger partial charge in [-0.15, -0.1) is 0 Å². The molecule has 0 atom stereocenters. The van der Waals surface area contributed by atoms with Crippen molar-refractivity contribution in [2.24, 2.45) is 0 Å². The molecule has 0 spiro atoms. The summed E-state index contributed by atoms with van der Waals surface area (Å²) in [6.45, 7) is 0. The third-order valence-corrected chi connectivity index (χ3v) is 10.6. The average molecular weight is 708 g/mol. The number of rotatable bonds is 6. The summed E-state index contributed by atoms with van der Waals surface area (Å²) >= 11 is 0. The second kappa shape index (κ2) is 12.6. The van der Waals surface area contributed by atoms with E-state index in [0.717, 1.165) is 77.8 Å². The Balaban J connectivity index is 1.18. The van der Waals surface area contributed by atoms with Gasteiger partial charge in [0.2, 0.25) is 0 Å². The molecular formula is C52H34N2O. The topological polar surface area (TPSA) is 21.3 Å². The van der Waals surface area contributed by atoms with Crippen LogP contribution in [0.3, 0.4) is 0 Å². The van der Waals surface area contributed by atoms with Crippen LogP contribution in [-0.4, -0.2) is 4.57 Å². The maximum atomic E-state index is 9.59. The second-order valence-corrected chi connectivity index (χ2v) is 13.7. The van der Waals surface area contributed by atoms with Crippen molar-refractivity contribution in [3.63, 3.8) is 0 Å². The minimum absolute atomic E-state index is 0.0487. The molecule has 9 aromatic carbocycles. The first kappa shape index (κ1) is 26.4. The predicted molar refractivity (Wildman–Crippen MR) is 231 cm³/mol. The first-order valence-electron chi connectivity index (χ1n) is 20.9. The van der Waals surface area contributed by atoms with Crippen molar-refractivity contribution in [3.05, 3.63) is 206 Å². The Morgan fingerprint density at radius 1 is 0.436 bits per heavy atom. The van der Waals surface area contributed by atoms with E-state index in [1.165, 1.54) is 0 Å². The van der Waals surface area contributed by atoms with E-state index in [1.807, 2.05) is 83.4 Å². The summed E-state index contributed by atoms with van der Waals surface area (Å²) < 4.78 is 53.4. The van der Waals surface area contributed by atoms with Crippen LogP contribution in [0.4, 0.5) is 17.1 Å². The van der Waals surface area contributed by atoms with Crippen LogP contribution in [-0.2, 0) is 0 Å². The number of benzene rings is 9. The van der Waals surface area contributed by atoms with Crippen LogP contribution in [0.25, 0.3) is 82.5 Å². The minimum Gasteiger partial charge on any atom is -0.456 e. The van der Waals surface area contributed by atoms with Crippen LogP contribution < -0.4 is 4.90 Å². The molecule has 0 aliphatic heterocycles. The second-order valence-electron chi connectivity index (χ2n) is 13.7. The van der Waals surface area contributed by atoms with Gasteiger partial charge in [0.05, 0.1) is 17.9 Å². The van der Waals surface area contributed by atoms with Gasteiger partial charge in [0.15, 0.2) is 0 Å². The molecule has 0 N–H and O–H groups in total. The highest BCUT2D eigenvalue weighted by molar-refractivity contribution is 6.25. The van der Waals surface area contributed by atoms with Crippen molar-refractivity contribution in [2.45, 2.75) is 0 Å². The molecule has 11 rings (SSSR count). The summed E-state index contributed by atoms with van der Waals surface area (Å²) in [4.78, 5) is 2.20. The van der Waals surface area contributed by atoms with Crippen LogP contribution in [0.2, 0.25) is 0 Å². The molecule has 3 heteroatoms. The molecule has 0 saturated carbocycles. The van der Waals surface area contributed by atoms with E-state index in [0.29, 0.717) is 16.3 Å². The average Bonchev–Trinajstić information content (AvgIpc) is 3.85. The molecule has 55 heavy (non-hydrogen) atoms. The SMILES string of the molecule is [2H]c1cc2c(c([2H])c1[2H])c([2H])c([2H])c1c2c2c(-c3ccccc3)cccc2n1-c1cccc(N(c2ccc(-c3ccccc3)cc2)c2ccc3c(c2)oc2ccccc23)c1. The van der Waals surface area contributed by atoms with E-state index in [9.17, 15) is 2.74 Å². The molecule has 0 aliphatic carbocycles. The van der Waals surface area contributed by atoms with E-state index in [-0.39, 0.29) is 35.6 Å². The molecule has 0 fully saturated rings. The third kappa shape index (κ3) is 5.13. The number of nitrogens with zero attached hydrogens (tertiary/aromatic N) is 2. The van der Waals surface area contributed by atoms with E-state index in [4.69, 9.17) is 8.53 Å². The number of furan rings is 1. The molecule has 2 heterocycles. The lowest BCUT2D eigenvalue weighted by atomic mass is 9.97. The van der Waals surface area contributed by atoms with E-state index < -0.39 is 0 Å². The first-order valence-corrected chi connectivity index (χ1v) is 18.4. The molecule has 0 amide bonds. The number of para-hydroxylation sites is 1. The third-order valence-electron chi connectivity index (χ3n) is 10.6. The van der Waals surface area contributed by atoms with E-state index in [2.05, 4.69) is 95.9 Å². The molecule has 2 aromatic heterocycles. The van der Waals surface area contributed by atoms with Gasteiger partial charge in [-0.05, 0) is 93.7 Å². The number of anilines is 3. The van der Waals surface area contributed by atoms with Gasteiger partial charge < -0.3 is 13.9 Å². The van der Waals surface area contributed by atoms with Crippen molar-refractivity contribution in [3.8, 4) is 27.9 Å². The highest BCUT2D eigenvalue weighted by Gasteiger charge is 2.21. The summed E-state index contributed by atoms with van der Waals surface area (Å²) in [6.07, 6.45) is 0. The van der Waals surface area contributed by atoms with Crippen LogP contribution in [0.15, 0.2) is 211 Å². The highest BCUT2D eigenvalue weighted by atomic mass is 16.3. The summed E-state index contributed by atoms with van der Waals surface area (Å²) in [5, 5.41) is 4.34. The Bertz CT molecular complexity index is 3490. The minimum atomic E-state index is -0.257. The maximum absolute atomic E-state index is 9.59. The lowest BCUT2D eigenvalue weighted by Crippen LogP contribution is -2.10. The number of aromatic nitrogens is 1. The summed E-state index contributed by atoms with van der Waals surface area (Å²) in [7, 11) is 0. The molecule has 11 aromatic rings. The lowest BCUT2D eigenvalue weighted by Gasteiger charge is -2.26. The summed E-state index contributed by atoms with van der Waals surface area (Å²) in [5.41, 5.74) is 10.5. The molecule has 0 radical (unpaired) electrons. The zero-order chi connectivity index (χ0) is 40.6. The Labute approximate surface area is 325 Å². The quantitative estimate of drug-likeness (QED) is 0.172. The normalized spacial score (nSPS) is 12.9. The Morgan fingerprint density at radius 3 is 2.00 bits per heavy atom. The van der Waals surface area contributed by atoms with Gasteiger partial charge in [-0.1, -0.05) is 139 Å². The Morgan fingerprint density at radius 2 is 1.15 bits per heavy atom. The van der Waals surface area contributed by atoms with E-state index in [1.54, 1.807) is 6.07 Å². The van der Waals surface area contributed by atoms with Gasteiger partial charge in [0.25, 0.3) is 0 Å². The standard InChI is InChI=1S/C52H34N2O/c1-3-13-35(14-4-1)36-25-28-39(29-26-36)53(42-30-31-46-45-21-9-10-24-49(45)55-50(46)34-42)40-18-11-19-41(33-40)54-47-23-12-22-44(37-15-5-2-6-16-37)51(47)52-43-20-8-7-17-38(43)27-32-48(52)54/h1-34H/i7D,8D,17D,27D,32D. The molecule has 0 unspecified atom stereocenters. The summed E-state index contributed by atoms with van der Waals surface area (Å²) in [6, 6.07) is 58.4. The van der Waals surface area contributed by atoms with Crippen molar-refractivity contribution in [1.29, 1.82) is 0 Å². The van der Waals surface area contributed by atoms with Crippen LogP contribution in [0, 0.1) is 0 Å². The van der Waals surface area contributed by atoms with Gasteiger partial charge in [-0.3, -0.25) is 0 Å². The van der Waals surface area contributed by atoms with Gasteiger partial charge in [0.1, 0.15) is 11.2 Å². The Hall–Kier alpha value is -7.36. The number of hydrogen-bond donors (Lipinski definition) is 0. The fourth-order valence-corrected chi connectivity index (χ4v) is 8.12. The smallest absolute Gasteiger partial charge is 0.137 e. The van der Waals surface area contributed by atoms with Gasteiger partial charge in [-0.25, -0.2) is 0 Å². The molecule has 258 valence electrons. The van der Waals surface area contributed by atoms with Crippen molar-refractivity contribution in [2.75, 3.05) is 4.90 Å². The zero-order valence-electron chi connectivity index (χ0n) is 34.5. The highest BCUT2D eigenvalue weighted by Crippen LogP contribution is 2.44. The fraction of sp³-hybridized carbons (Fsp3) is 0. The zero-order valence-corrected chi connectivity index (χ0v) is 29.5. The monoisotopic (exact) mass is 707 g/mol. The van der Waals surface area contributed by atoms with Gasteiger partial charge >= 0.3 is 0 Å². The molecular weight excluding hydrogens is 669 g/mol.